The average molecular weight is 478 g/mol. The molecule has 1 saturated heterocycles. The van der Waals surface area contributed by atoms with Gasteiger partial charge >= 0.3 is 0 Å². The molecule has 3 aromatic rings. The van der Waals surface area contributed by atoms with E-state index in [4.69, 9.17) is 4.74 Å². The minimum atomic E-state index is -3.66. The second kappa shape index (κ2) is 9.07. The zero-order valence-corrected chi connectivity index (χ0v) is 19.7. The number of aromatic nitrogens is 1. The number of carbonyl (C=O) groups is 1. The summed E-state index contributed by atoms with van der Waals surface area (Å²) in [5.41, 5.74) is 2.23. The number of aryl methyl sites for hydroxylation is 1. The fraction of sp³-hybridized carbons (Fsp3) is 0.333. The van der Waals surface area contributed by atoms with Crippen LogP contribution >= 0.6 is 22.7 Å². The van der Waals surface area contributed by atoms with Gasteiger partial charge < -0.3 is 9.64 Å². The molecule has 4 rings (SSSR count). The van der Waals surface area contributed by atoms with Crippen LogP contribution in [0.5, 0.6) is 5.75 Å². The van der Waals surface area contributed by atoms with Crippen molar-refractivity contribution in [1.82, 2.24) is 14.6 Å². The van der Waals surface area contributed by atoms with Crippen molar-refractivity contribution in [3.05, 3.63) is 51.8 Å². The molecule has 0 radical (unpaired) electrons. The summed E-state index contributed by atoms with van der Waals surface area (Å²) in [5.74, 6) is 0.735. The minimum absolute atomic E-state index is 0.0167. The Bertz CT molecular complexity index is 1180. The quantitative estimate of drug-likeness (QED) is 0.558. The topological polar surface area (TPSA) is 88.6 Å². The normalized spacial score (nSPS) is 14.2. The number of amides is 1. The molecule has 2 aromatic heterocycles. The summed E-state index contributed by atoms with van der Waals surface area (Å²) in [7, 11) is -2.07. The summed E-state index contributed by atoms with van der Waals surface area (Å²) < 4.78 is 33.4. The molecule has 10 heteroatoms. The van der Waals surface area contributed by atoms with Crippen LogP contribution in [0.2, 0.25) is 0 Å². The van der Waals surface area contributed by atoms with Crippen molar-refractivity contribution in [3.63, 3.8) is 0 Å². The number of hydrogen-bond donors (Lipinski definition) is 1. The summed E-state index contributed by atoms with van der Waals surface area (Å²) >= 11 is 2.46. The molecule has 0 saturated carbocycles. The third-order valence-corrected chi connectivity index (χ3v) is 9.13. The lowest BCUT2D eigenvalue weighted by Gasteiger charge is -2.13. The predicted octanol–water partition coefficient (Wildman–Crippen LogP) is 3.90. The van der Waals surface area contributed by atoms with Crippen molar-refractivity contribution < 1.29 is 17.9 Å². The maximum atomic E-state index is 12.7. The highest BCUT2D eigenvalue weighted by atomic mass is 32.2. The summed E-state index contributed by atoms with van der Waals surface area (Å²) in [4.78, 5) is 19.7. The first-order valence-electron chi connectivity index (χ1n) is 9.85. The van der Waals surface area contributed by atoms with Crippen molar-refractivity contribution in [3.8, 4) is 16.3 Å². The molecule has 1 aromatic carbocycles. The molecule has 0 bridgehead atoms. The fourth-order valence-electron chi connectivity index (χ4n) is 3.34. The molecule has 1 N–H and O–H groups in total. The molecule has 0 atom stereocenters. The van der Waals surface area contributed by atoms with E-state index in [2.05, 4.69) is 9.71 Å². The van der Waals surface area contributed by atoms with Crippen LogP contribution in [-0.2, 0) is 16.6 Å². The van der Waals surface area contributed by atoms with Gasteiger partial charge in [0.2, 0.25) is 10.0 Å². The molecule has 1 aliphatic rings. The lowest BCUT2D eigenvalue weighted by atomic mass is 10.2. The summed E-state index contributed by atoms with van der Waals surface area (Å²) in [6, 6.07) is 8.83. The SMILES string of the molecule is COc1ccc(CNS(=O)(=O)c2cc(-c3nc(C)c(C(=O)N4CCCC4)s3)cs2)cc1. The first kappa shape index (κ1) is 21.9. The zero-order chi connectivity index (χ0) is 22.0. The van der Waals surface area contributed by atoms with Crippen molar-refractivity contribution in [2.45, 2.75) is 30.5 Å². The molecule has 3 heterocycles. The van der Waals surface area contributed by atoms with Gasteiger partial charge in [-0.05, 0) is 43.5 Å². The number of methoxy groups -OCH3 is 1. The van der Waals surface area contributed by atoms with E-state index < -0.39 is 10.0 Å². The molecule has 1 aliphatic heterocycles. The van der Waals surface area contributed by atoms with Gasteiger partial charge in [0.15, 0.2) is 0 Å². The van der Waals surface area contributed by atoms with Crippen LogP contribution in [0.3, 0.4) is 0 Å². The Morgan fingerprint density at radius 2 is 1.94 bits per heavy atom. The second-order valence-electron chi connectivity index (χ2n) is 7.26. The Labute approximate surface area is 189 Å². The Kier molecular flexibility index (Phi) is 6.42. The number of rotatable bonds is 7. The smallest absolute Gasteiger partial charge is 0.265 e. The van der Waals surface area contributed by atoms with Crippen molar-refractivity contribution in [2.75, 3.05) is 20.2 Å². The molecule has 0 unspecified atom stereocenters. The zero-order valence-electron chi connectivity index (χ0n) is 17.3. The molecule has 0 spiro atoms. The van der Waals surface area contributed by atoms with Crippen LogP contribution in [0, 0.1) is 6.92 Å². The maximum absolute atomic E-state index is 12.7. The monoisotopic (exact) mass is 477 g/mol. The third kappa shape index (κ3) is 4.82. The second-order valence-corrected chi connectivity index (χ2v) is 11.2. The van der Waals surface area contributed by atoms with E-state index in [0.29, 0.717) is 21.1 Å². The van der Waals surface area contributed by atoms with Gasteiger partial charge in [0.25, 0.3) is 5.91 Å². The van der Waals surface area contributed by atoms with E-state index >= 15 is 0 Å². The van der Waals surface area contributed by atoms with E-state index in [1.165, 1.54) is 11.3 Å². The van der Waals surface area contributed by atoms with Gasteiger partial charge in [0.05, 0.1) is 12.8 Å². The van der Waals surface area contributed by atoms with Crippen LogP contribution in [0.15, 0.2) is 39.9 Å². The lowest BCUT2D eigenvalue weighted by molar-refractivity contribution is 0.0796. The van der Waals surface area contributed by atoms with Crippen LogP contribution in [0.4, 0.5) is 0 Å². The van der Waals surface area contributed by atoms with Gasteiger partial charge in [-0.2, -0.15) is 0 Å². The van der Waals surface area contributed by atoms with Crippen LogP contribution in [-0.4, -0.2) is 44.4 Å². The maximum Gasteiger partial charge on any atom is 0.265 e. The number of carbonyl (C=O) groups excluding carboxylic acids is 1. The van der Waals surface area contributed by atoms with E-state index in [0.717, 1.165) is 48.6 Å². The Balaban J connectivity index is 1.48. The largest absolute Gasteiger partial charge is 0.497 e. The number of likely N-dealkylation sites (tertiary alicyclic amines) is 1. The number of ether oxygens (including phenoxy) is 1. The number of hydrogen-bond acceptors (Lipinski definition) is 7. The molecular formula is C21H23N3O4S3. The molecule has 7 nitrogen and oxygen atoms in total. The Morgan fingerprint density at radius 3 is 2.61 bits per heavy atom. The highest BCUT2D eigenvalue weighted by Crippen LogP contribution is 2.33. The van der Waals surface area contributed by atoms with E-state index in [-0.39, 0.29) is 16.7 Å². The third-order valence-electron chi connectivity index (χ3n) is 5.10. The van der Waals surface area contributed by atoms with Crippen LogP contribution in [0.25, 0.3) is 10.6 Å². The molecule has 164 valence electrons. The van der Waals surface area contributed by atoms with Crippen molar-refractivity contribution >= 4 is 38.6 Å². The van der Waals surface area contributed by atoms with Crippen molar-refractivity contribution in [2.24, 2.45) is 0 Å². The van der Waals surface area contributed by atoms with Gasteiger partial charge in [-0.3, -0.25) is 4.79 Å². The van der Waals surface area contributed by atoms with E-state index in [9.17, 15) is 13.2 Å². The molecule has 0 aliphatic carbocycles. The Morgan fingerprint density at radius 1 is 1.23 bits per heavy atom. The predicted molar refractivity (Wildman–Crippen MR) is 122 cm³/mol. The molecular weight excluding hydrogens is 454 g/mol. The summed E-state index contributed by atoms with van der Waals surface area (Å²) in [6.07, 6.45) is 2.07. The van der Waals surface area contributed by atoms with Crippen LogP contribution < -0.4 is 9.46 Å². The summed E-state index contributed by atoms with van der Waals surface area (Å²) in [6.45, 7) is 3.58. The van der Waals surface area contributed by atoms with Gasteiger partial charge in [-0.15, -0.1) is 22.7 Å². The van der Waals surface area contributed by atoms with Gasteiger partial charge in [0, 0.05) is 30.6 Å². The highest BCUT2D eigenvalue weighted by molar-refractivity contribution is 7.91. The number of thiophene rings is 1. The van der Waals surface area contributed by atoms with E-state index in [1.54, 1.807) is 30.7 Å². The number of benzene rings is 1. The molecule has 1 fully saturated rings. The molecule has 1 amide bonds. The first-order valence-corrected chi connectivity index (χ1v) is 13.0. The van der Waals surface area contributed by atoms with Gasteiger partial charge in [-0.1, -0.05) is 12.1 Å². The van der Waals surface area contributed by atoms with E-state index in [1.807, 2.05) is 24.0 Å². The van der Waals surface area contributed by atoms with Crippen LogP contribution in [0.1, 0.15) is 33.8 Å². The summed E-state index contributed by atoms with van der Waals surface area (Å²) in [5, 5.41) is 2.43. The molecule has 31 heavy (non-hydrogen) atoms. The lowest BCUT2D eigenvalue weighted by Crippen LogP contribution is -2.27. The van der Waals surface area contributed by atoms with Crippen molar-refractivity contribution in [1.29, 1.82) is 0 Å². The first-order chi connectivity index (χ1) is 14.9. The number of nitrogens with zero attached hydrogens (tertiary/aromatic N) is 2. The number of thiazole rings is 1. The standard InChI is InChI=1S/C21H23N3O4S3/c1-14-19(21(25)24-9-3-4-10-24)30-20(23-14)16-11-18(29-13-16)31(26,27)22-12-15-5-7-17(28-2)8-6-15/h5-8,11,13,22H,3-4,9-10,12H2,1-2H3. The van der Waals surface area contributed by atoms with Gasteiger partial charge in [0.1, 0.15) is 19.8 Å². The van der Waals surface area contributed by atoms with Gasteiger partial charge in [-0.25, -0.2) is 18.1 Å². The number of sulfonamides is 1. The Hall–Kier alpha value is -2.27. The number of nitrogens with one attached hydrogen (secondary N) is 1. The fourth-order valence-corrected chi connectivity index (χ4v) is 6.67. The minimum Gasteiger partial charge on any atom is -0.497 e. The highest BCUT2D eigenvalue weighted by Gasteiger charge is 2.25. The average Bonchev–Trinajstić information content (AvgIpc) is 3.52.